The number of halogens is 1. The monoisotopic (exact) mass is 488 g/mol. The van der Waals surface area contributed by atoms with E-state index in [0.717, 1.165) is 0 Å². The normalized spacial score (nSPS) is 18.7. The Labute approximate surface area is 207 Å². The Morgan fingerprint density at radius 2 is 2.00 bits per heavy atom. The predicted octanol–water partition coefficient (Wildman–Crippen LogP) is 4.48. The minimum absolute atomic E-state index is 0. The summed E-state index contributed by atoms with van der Waals surface area (Å²) >= 11 is 0. The molecular weight excluding hydrogens is 451 g/mol. The van der Waals surface area contributed by atoms with Gasteiger partial charge in [-0.3, -0.25) is 10.00 Å². The molecule has 0 aliphatic carbocycles. The molecule has 4 rings (SSSR count). The zero-order chi connectivity index (χ0) is 25.5. The molecule has 2 atom stereocenters. The van der Waals surface area contributed by atoms with Crippen LogP contribution in [0.4, 0.5) is 15.0 Å². The first-order valence-corrected chi connectivity index (χ1v) is 11.8. The van der Waals surface area contributed by atoms with Crippen LogP contribution < -0.4 is 4.90 Å². The van der Waals surface area contributed by atoms with Gasteiger partial charge >= 0.3 is 6.09 Å². The van der Waals surface area contributed by atoms with E-state index in [1.165, 1.54) is 6.07 Å². The van der Waals surface area contributed by atoms with Gasteiger partial charge in [0.15, 0.2) is 11.5 Å². The molecule has 1 amide bonds. The summed E-state index contributed by atoms with van der Waals surface area (Å²) in [5.74, 6) is -0.0688. The molecule has 35 heavy (non-hydrogen) atoms. The lowest BCUT2D eigenvalue weighted by atomic mass is 9.83. The van der Waals surface area contributed by atoms with Gasteiger partial charge in [0, 0.05) is 34.1 Å². The van der Waals surface area contributed by atoms with Crippen LogP contribution in [0.3, 0.4) is 0 Å². The van der Waals surface area contributed by atoms with Crippen molar-refractivity contribution in [3.63, 3.8) is 0 Å². The molecule has 9 nitrogen and oxygen atoms in total. The van der Waals surface area contributed by atoms with Crippen molar-refractivity contribution in [2.45, 2.75) is 58.8 Å². The summed E-state index contributed by atoms with van der Waals surface area (Å²) in [7, 11) is 0. The van der Waals surface area contributed by atoms with Crippen LogP contribution in [0.2, 0.25) is 0 Å². The van der Waals surface area contributed by atoms with Crippen LogP contribution in [0.5, 0.6) is 0 Å². The number of carbonyl (C=O) groups is 1. The highest BCUT2D eigenvalue weighted by atomic mass is 19.1. The topological polar surface area (TPSA) is 107 Å². The van der Waals surface area contributed by atoms with Gasteiger partial charge in [-0.25, -0.2) is 19.2 Å². The summed E-state index contributed by atoms with van der Waals surface area (Å²) in [6.45, 7) is 12.1. The molecular formula is C25H37FN6O3. The maximum atomic E-state index is 14.9. The third kappa shape index (κ3) is 4.93. The Morgan fingerprint density at radius 3 is 2.69 bits per heavy atom. The minimum atomic E-state index is -1.19. The van der Waals surface area contributed by atoms with E-state index in [-0.39, 0.29) is 14.5 Å². The molecule has 1 saturated heterocycles. The van der Waals surface area contributed by atoms with Crippen LogP contribution in [0, 0.1) is 11.7 Å². The highest BCUT2D eigenvalue weighted by Crippen LogP contribution is 2.32. The quantitative estimate of drug-likeness (QED) is 0.557. The standard InChI is InChI=1S/C25H33FN6O3.2H2/c1-15(2)25(6,34)18-14-31(12-13-32(18)23(33)35-24(3,4)5)19-10-9-17(26)21(28-19)20-16-8-7-11-27-22(16)30-29-20;;/h7-11,15,18,34H,12-14H2,1-6H3,(H,27,29,30);2*1H. The number of pyridine rings is 2. The van der Waals surface area contributed by atoms with E-state index < -0.39 is 29.2 Å². The fraction of sp³-hybridized carbons (Fsp3) is 0.520. The van der Waals surface area contributed by atoms with E-state index in [1.807, 2.05) is 45.6 Å². The zero-order valence-electron chi connectivity index (χ0n) is 21.0. The van der Waals surface area contributed by atoms with Gasteiger partial charge in [-0.15, -0.1) is 0 Å². The molecule has 2 N–H and O–H groups in total. The van der Waals surface area contributed by atoms with Crippen LogP contribution in [0.25, 0.3) is 22.4 Å². The number of amides is 1. The molecule has 2 unspecified atom stereocenters. The predicted molar refractivity (Wildman–Crippen MR) is 136 cm³/mol. The number of rotatable bonds is 4. The van der Waals surface area contributed by atoms with Crippen molar-refractivity contribution < 1.29 is 21.9 Å². The average Bonchev–Trinajstić information content (AvgIpc) is 3.22. The molecule has 3 aromatic heterocycles. The van der Waals surface area contributed by atoms with Crippen molar-refractivity contribution in [1.82, 2.24) is 25.1 Å². The first-order chi connectivity index (χ1) is 16.4. The van der Waals surface area contributed by atoms with Crippen LogP contribution in [-0.2, 0) is 4.74 Å². The van der Waals surface area contributed by atoms with E-state index >= 15 is 0 Å². The smallest absolute Gasteiger partial charge is 0.410 e. The highest BCUT2D eigenvalue weighted by Gasteiger charge is 2.45. The van der Waals surface area contributed by atoms with E-state index in [2.05, 4.69) is 20.2 Å². The number of nitrogens with zero attached hydrogens (tertiary/aromatic N) is 5. The molecule has 1 fully saturated rings. The number of hydrogen-bond donors (Lipinski definition) is 2. The Balaban J connectivity index is 0.00000241. The summed E-state index contributed by atoms with van der Waals surface area (Å²) in [6.07, 6.45) is 1.16. The second-order valence-electron chi connectivity index (χ2n) is 10.5. The molecule has 1 aliphatic heterocycles. The molecule has 192 valence electrons. The molecule has 1 aliphatic rings. The van der Waals surface area contributed by atoms with E-state index in [0.29, 0.717) is 42.2 Å². The Hall–Kier alpha value is -3.27. The minimum Gasteiger partial charge on any atom is -0.444 e. The third-order valence-electron chi connectivity index (χ3n) is 6.57. The number of H-pyrrole nitrogens is 1. The number of ether oxygens (including phenoxy) is 1. The number of fused-ring (bicyclic) bond motifs is 1. The van der Waals surface area contributed by atoms with Crippen molar-refractivity contribution in [2.24, 2.45) is 5.92 Å². The molecule has 0 saturated carbocycles. The molecule has 4 heterocycles. The van der Waals surface area contributed by atoms with Crippen molar-refractivity contribution in [3.05, 3.63) is 36.3 Å². The number of carbonyl (C=O) groups excluding carboxylic acids is 1. The summed E-state index contributed by atoms with van der Waals surface area (Å²) < 4.78 is 20.5. The lowest BCUT2D eigenvalue weighted by molar-refractivity contribution is -0.0740. The Morgan fingerprint density at radius 1 is 1.26 bits per heavy atom. The van der Waals surface area contributed by atoms with Gasteiger partial charge in [-0.2, -0.15) is 5.10 Å². The zero-order valence-corrected chi connectivity index (χ0v) is 21.0. The summed E-state index contributed by atoms with van der Waals surface area (Å²) in [5.41, 5.74) is -0.778. The van der Waals surface area contributed by atoms with Crippen LogP contribution in [0.15, 0.2) is 30.5 Å². The highest BCUT2D eigenvalue weighted by molar-refractivity contribution is 5.89. The molecule has 10 heteroatoms. The average molecular weight is 489 g/mol. The second-order valence-corrected chi connectivity index (χ2v) is 10.5. The fourth-order valence-corrected chi connectivity index (χ4v) is 4.23. The lowest BCUT2D eigenvalue weighted by Crippen LogP contribution is -2.65. The van der Waals surface area contributed by atoms with E-state index in [4.69, 9.17) is 4.74 Å². The van der Waals surface area contributed by atoms with Gasteiger partial charge in [0.1, 0.15) is 17.1 Å². The van der Waals surface area contributed by atoms with Gasteiger partial charge in [-0.1, -0.05) is 13.8 Å². The first-order valence-electron chi connectivity index (χ1n) is 11.8. The van der Waals surface area contributed by atoms with E-state index in [1.54, 1.807) is 30.2 Å². The second kappa shape index (κ2) is 9.07. The molecule has 0 bridgehead atoms. The summed E-state index contributed by atoms with van der Waals surface area (Å²) in [5, 5.41) is 19.1. The lowest BCUT2D eigenvalue weighted by Gasteiger charge is -2.49. The largest absolute Gasteiger partial charge is 0.444 e. The maximum Gasteiger partial charge on any atom is 0.410 e. The van der Waals surface area contributed by atoms with Gasteiger partial charge in [0.25, 0.3) is 0 Å². The van der Waals surface area contributed by atoms with Gasteiger partial charge < -0.3 is 14.7 Å². The van der Waals surface area contributed by atoms with Crippen molar-refractivity contribution in [1.29, 1.82) is 0 Å². The van der Waals surface area contributed by atoms with Gasteiger partial charge in [0.2, 0.25) is 0 Å². The third-order valence-corrected chi connectivity index (χ3v) is 6.57. The number of aliphatic hydroxyl groups is 1. The first kappa shape index (κ1) is 24.8. The van der Waals surface area contributed by atoms with Crippen molar-refractivity contribution >= 4 is 22.9 Å². The number of aromatic amines is 1. The molecule has 3 aromatic rings. The Kier molecular flexibility index (Phi) is 6.44. The number of aromatic nitrogens is 4. The summed E-state index contributed by atoms with van der Waals surface area (Å²) in [4.78, 5) is 25.4. The number of anilines is 1. The van der Waals surface area contributed by atoms with Crippen LogP contribution in [-0.4, -0.2) is 73.1 Å². The summed E-state index contributed by atoms with van der Waals surface area (Å²) in [6, 6.07) is 6.00. The van der Waals surface area contributed by atoms with Gasteiger partial charge in [0.05, 0.1) is 17.3 Å². The van der Waals surface area contributed by atoms with Crippen LogP contribution in [0.1, 0.15) is 44.4 Å². The molecule has 0 radical (unpaired) electrons. The van der Waals surface area contributed by atoms with Crippen LogP contribution >= 0.6 is 0 Å². The SMILES string of the molecule is CC(C)C(C)(O)C1CN(c2ccc(F)c(-c3[nH]nc4ncccc34)n2)CCN1C(=O)OC(C)(C)C.[HH].[HH]. The molecule has 0 spiro atoms. The maximum absolute atomic E-state index is 14.9. The number of piperazine rings is 1. The molecule has 0 aromatic carbocycles. The number of nitrogens with one attached hydrogen (secondary N) is 1. The fourth-order valence-electron chi connectivity index (χ4n) is 4.23. The van der Waals surface area contributed by atoms with Crippen molar-refractivity contribution in [3.8, 4) is 11.4 Å². The Bertz CT molecular complexity index is 1230. The van der Waals surface area contributed by atoms with Crippen molar-refractivity contribution in [2.75, 3.05) is 24.5 Å². The van der Waals surface area contributed by atoms with Gasteiger partial charge in [-0.05, 0) is 57.9 Å². The van der Waals surface area contributed by atoms with E-state index in [9.17, 15) is 14.3 Å². The number of hydrogen-bond acceptors (Lipinski definition) is 7.